The quantitative estimate of drug-likeness (QED) is 0.463. The van der Waals surface area contributed by atoms with Gasteiger partial charge in [-0.3, -0.25) is 9.69 Å². The molecule has 0 radical (unpaired) electrons. The van der Waals surface area contributed by atoms with Gasteiger partial charge in [-0.05, 0) is 41.8 Å². The Morgan fingerprint density at radius 1 is 1.23 bits per heavy atom. The summed E-state index contributed by atoms with van der Waals surface area (Å²) in [6.07, 6.45) is -2.77. The normalized spacial score (nSPS) is 19.0. The lowest BCUT2D eigenvalue weighted by Gasteiger charge is -2.37. The molecule has 2 aliphatic heterocycles. The smallest absolute Gasteiger partial charge is 0.416 e. The number of alkyl halides is 3. The maximum Gasteiger partial charge on any atom is 0.416 e. The Hall–Kier alpha value is -3.27. The van der Waals surface area contributed by atoms with E-state index < -0.39 is 23.5 Å². The molecular weight excluding hydrogens is 402 g/mol. The maximum atomic E-state index is 14.7. The molecule has 1 fully saturated rings. The lowest BCUT2D eigenvalue weighted by molar-refractivity contribution is -0.147. The van der Waals surface area contributed by atoms with Crippen LogP contribution in [0.3, 0.4) is 0 Å². The van der Waals surface area contributed by atoms with E-state index in [2.05, 4.69) is 17.6 Å². The lowest BCUT2D eigenvalue weighted by Crippen LogP contribution is -2.51. The fourth-order valence-electron chi connectivity index (χ4n) is 3.32. The van der Waals surface area contributed by atoms with Gasteiger partial charge in [-0.1, -0.05) is 11.7 Å². The van der Waals surface area contributed by atoms with Crippen LogP contribution < -0.4 is 0 Å². The van der Waals surface area contributed by atoms with Crippen LogP contribution in [-0.2, 0) is 15.7 Å². The second-order valence-electron chi connectivity index (χ2n) is 7.20. The van der Waals surface area contributed by atoms with Crippen molar-refractivity contribution in [2.24, 2.45) is 5.92 Å². The van der Waals surface area contributed by atoms with Crippen LogP contribution in [0.1, 0.15) is 11.1 Å². The summed E-state index contributed by atoms with van der Waals surface area (Å²) in [5.41, 5.74) is 3.30. The van der Waals surface area contributed by atoms with Crippen LogP contribution in [0.5, 0.6) is 0 Å². The van der Waals surface area contributed by atoms with Gasteiger partial charge < -0.3 is 9.84 Å². The van der Waals surface area contributed by atoms with E-state index in [0.717, 1.165) is 17.7 Å². The molecule has 0 bridgehead atoms. The summed E-state index contributed by atoms with van der Waals surface area (Å²) in [7, 11) is 0. The molecule has 0 saturated carbocycles. The number of hydrogen-bond donors (Lipinski definition) is 1. The first kappa shape index (κ1) is 20.0. The second kappa shape index (κ2) is 7.52. The van der Waals surface area contributed by atoms with Crippen molar-refractivity contribution in [3.8, 4) is 11.8 Å². The van der Waals surface area contributed by atoms with E-state index in [1.165, 1.54) is 12.1 Å². The highest BCUT2D eigenvalue weighted by molar-refractivity contribution is 5.71. The number of benzene rings is 1. The largest absolute Gasteiger partial charge is 0.481 e. The summed E-state index contributed by atoms with van der Waals surface area (Å²) in [4.78, 5) is 12.8. The van der Waals surface area contributed by atoms with Gasteiger partial charge in [0.15, 0.2) is 11.6 Å². The van der Waals surface area contributed by atoms with Crippen LogP contribution in [0, 0.1) is 17.8 Å². The molecule has 154 valence electrons. The molecule has 0 unspecified atom stereocenters. The molecule has 1 aromatic carbocycles. The van der Waals surface area contributed by atoms with E-state index in [1.54, 1.807) is 6.08 Å². The first-order valence-corrected chi connectivity index (χ1v) is 9.09. The van der Waals surface area contributed by atoms with Gasteiger partial charge in [-0.2, -0.15) is 13.2 Å². The number of nitrogens with zero attached hydrogens (tertiary/aromatic N) is 1. The summed E-state index contributed by atoms with van der Waals surface area (Å²) >= 11 is 0. The van der Waals surface area contributed by atoms with Crippen LogP contribution in [0.4, 0.5) is 17.6 Å². The maximum absolute atomic E-state index is 14.7. The Bertz CT molecular complexity index is 1090. The molecule has 1 saturated heterocycles. The van der Waals surface area contributed by atoms with Crippen LogP contribution in [-0.4, -0.2) is 42.2 Å². The summed E-state index contributed by atoms with van der Waals surface area (Å²) in [6.45, 7) is 1.62. The molecule has 0 amide bonds. The van der Waals surface area contributed by atoms with Crippen molar-refractivity contribution in [1.29, 1.82) is 0 Å². The number of halogens is 4. The van der Waals surface area contributed by atoms with E-state index in [9.17, 15) is 22.4 Å². The van der Waals surface area contributed by atoms with Gasteiger partial charge in [0.05, 0.1) is 17.1 Å². The average Bonchev–Trinajstić information content (AvgIpc) is 2.97. The third kappa shape index (κ3) is 4.04. The van der Waals surface area contributed by atoms with E-state index >= 15 is 0 Å². The van der Waals surface area contributed by atoms with Crippen molar-refractivity contribution < 1.29 is 32.2 Å². The first-order valence-electron chi connectivity index (χ1n) is 9.09. The number of rotatable bonds is 3. The first-order chi connectivity index (χ1) is 14.2. The monoisotopic (exact) mass is 417 g/mol. The molecule has 1 aromatic rings. The van der Waals surface area contributed by atoms with E-state index in [4.69, 9.17) is 9.84 Å². The fraction of sp³-hybridized carbons (Fsp3) is 0.273. The van der Waals surface area contributed by atoms with Crippen LogP contribution >= 0.6 is 0 Å². The van der Waals surface area contributed by atoms with Crippen LogP contribution in [0.2, 0.25) is 0 Å². The number of likely N-dealkylation sites (tertiary alicyclic amines) is 1. The van der Waals surface area contributed by atoms with Crippen molar-refractivity contribution in [3.05, 3.63) is 75.5 Å². The predicted molar refractivity (Wildman–Crippen MR) is 98.6 cm³/mol. The lowest BCUT2D eigenvalue weighted by atomic mass is 9.98. The summed E-state index contributed by atoms with van der Waals surface area (Å²) in [6, 6.07) is 4.29. The highest BCUT2D eigenvalue weighted by Gasteiger charge is 2.34. The van der Waals surface area contributed by atoms with Gasteiger partial charge in [0.25, 0.3) is 0 Å². The Kier molecular flexibility index (Phi) is 5.02. The SMILES string of the molecule is O=C(O)C1CN(CC2=CC3=C(F)C(C#Cc4ccc(C(F)(F)F)cc4)=C=C3OC2)C1. The second-order valence-corrected chi connectivity index (χ2v) is 7.20. The zero-order valence-corrected chi connectivity index (χ0v) is 15.5. The number of ether oxygens (including phenoxy) is 1. The number of carboxylic acid groups (broad SMARTS) is 1. The van der Waals surface area contributed by atoms with Crippen molar-refractivity contribution >= 4 is 5.97 Å². The Morgan fingerprint density at radius 2 is 1.93 bits per heavy atom. The van der Waals surface area contributed by atoms with Crippen LogP contribution in [0.25, 0.3) is 0 Å². The molecule has 3 aliphatic rings. The Labute approximate surface area is 169 Å². The number of carbonyl (C=O) groups is 1. The summed E-state index contributed by atoms with van der Waals surface area (Å²) in [5, 5.41) is 8.93. The zero-order valence-electron chi connectivity index (χ0n) is 15.5. The molecule has 0 atom stereocenters. The van der Waals surface area contributed by atoms with E-state index in [1.807, 2.05) is 4.90 Å². The Balaban J connectivity index is 1.46. The van der Waals surface area contributed by atoms with Crippen molar-refractivity contribution in [3.63, 3.8) is 0 Å². The number of hydrogen-bond acceptors (Lipinski definition) is 3. The van der Waals surface area contributed by atoms with Crippen molar-refractivity contribution in [1.82, 2.24) is 4.90 Å². The highest BCUT2D eigenvalue weighted by Crippen LogP contribution is 2.34. The third-order valence-corrected chi connectivity index (χ3v) is 4.97. The highest BCUT2D eigenvalue weighted by atomic mass is 19.4. The van der Waals surface area contributed by atoms with Crippen molar-refractivity contribution in [2.45, 2.75) is 6.18 Å². The summed E-state index contributed by atoms with van der Waals surface area (Å²) in [5.74, 6) is 3.67. The third-order valence-electron chi connectivity index (χ3n) is 4.97. The molecule has 1 N–H and O–H groups in total. The van der Waals surface area contributed by atoms with Gasteiger partial charge in [0.2, 0.25) is 0 Å². The topological polar surface area (TPSA) is 49.8 Å². The predicted octanol–water partition coefficient (Wildman–Crippen LogP) is 3.68. The van der Waals surface area contributed by atoms with Crippen LogP contribution in [0.15, 0.2) is 64.4 Å². The average molecular weight is 417 g/mol. The number of allylic oxidation sites excluding steroid dienone is 2. The van der Waals surface area contributed by atoms with Gasteiger partial charge in [0, 0.05) is 25.2 Å². The molecule has 0 spiro atoms. The molecule has 4 nitrogen and oxygen atoms in total. The molecule has 8 heteroatoms. The standard InChI is InChI=1S/C22H15F4NO3/c23-20-15(4-1-13-2-5-17(6-3-13)22(24,25)26)8-19-18(20)7-14(12-30-19)9-27-10-16(11-27)21(28)29/h2-3,5-7,16H,9-12H2,(H,28,29). The minimum atomic E-state index is -4.43. The van der Waals surface area contributed by atoms with Gasteiger partial charge in [0.1, 0.15) is 12.2 Å². The molecule has 4 rings (SSSR count). The summed E-state index contributed by atoms with van der Waals surface area (Å²) < 4.78 is 58.1. The Morgan fingerprint density at radius 3 is 2.57 bits per heavy atom. The minimum absolute atomic E-state index is 0.0210. The van der Waals surface area contributed by atoms with Crippen molar-refractivity contribution in [2.75, 3.05) is 26.2 Å². The molecule has 0 aromatic heterocycles. The number of fused-ring (bicyclic) bond motifs is 1. The van der Waals surface area contributed by atoms with Gasteiger partial charge >= 0.3 is 12.1 Å². The number of aliphatic carboxylic acids is 1. The van der Waals surface area contributed by atoms with Gasteiger partial charge in [-0.25, -0.2) is 4.39 Å². The molecule has 1 aliphatic carbocycles. The van der Waals surface area contributed by atoms with E-state index in [0.29, 0.717) is 25.2 Å². The fourth-order valence-corrected chi connectivity index (χ4v) is 3.32. The zero-order chi connectivity index (χ0) is 21.5. The molecular formula is C22H15F4NO3. The molecule has 30 heavy (non-hydrogen) atoms. The minimum Gasteiger partial charge on any atom is -0.481 e. The number of carboxylic acids is 1. The van der Waals surface area contributed by atoms with E-state index in [-0.39, 0.29) is 29.4 Å². The van der Waals surface area contributed by atoms with Gasteiger partial charge in [-0.15, -0.1) is 0 Å². The molecule has 2 heterocycles.